The molecule has 2 aliphatic heterocycles. The van der Waals surface area contributed by atoms with Crippen molar-refractivity contribution in [2.24, 2.45) is 0 Å². The van der Waals surface area contributed by atoms with Crippen LogP contribution in [0, 0.1) is 11.8 Å². The van der Waals surface area contributed by atoms with E-state index >= 15 is 0 Å². The second kappa shape index (κ2) is 6.33. The van der Waals surface area contributed by atoms with Crippen molar-refractivity contribution in [1.29, 1.82) is 0 Å². The number of aliphatic hydroxyl groups is 1. The van der Waals surface area contributed by atoms with Gasteiger partial charge in [-0.05, 0) is 58.6 Å². The number of carbonyl (C=O) groups excluding carboxylic acids is 2. The van der Waals surface area contributed by atoms with E-state index in [0.29, 0.717) is 24.2 Å². The molecule has 26 heavy (non-hydrogen) atoms. The van der Waals surface area contributed by atoms with Crippen LogP contribution in [-0.4, -0.2) is 45.9 Å². The van der Waals surface area contributed by atoms with Gasteiger partial charge in [-0.15, -0.1) is 5.92 Å². The third-order valence-electron chi connectivity index (χ3n) is 4.58. The molecule has 0 spiro atoms. The van der Waals surface area contributed by atoms with E-state index in [9.17, 15) is 14.7 Å². The molecule has 0 aliphatic carbocycles. The van der Waals surface area contributed by atoms with Crippen LogP contribution in [0.5, 0.6) is 0 Å². The van der Waals surface area contributed by atoms with Crippen molar-refractivity contribution >= 4 is 17.7 Å². The lowest BCUT2D eigenvalue weighted by Gasteiger charge is -2.40. The molecule has 0 aromatic heterocycles. The molecule has 0 saturated carbocycles. The quantitative estimate of drug-likeness (QED) is 0.726. The molecule has 1 aromatic rings. The number of carbonyl (C=O) groups is 2. The Morgan fingerprint density at radius 1 is 1.35 bits per heavy atom. The van der Waals surface area contributed by atoms with Crippen LogP contribution in [0.4, 0.5) is 10.5 Å². The van der Waals surface area contributed by atoms with Crippen molar-refractivity contribution < 1.29 is 19.4 Å². The van der Waals surface area contributed by atoms with Gasteiger partial charge in [-0.2, -0.15) is 0 Å². The largest absolute Gasteiger partial charge is 0.443 e. The van der Waals surface area contributed by atoms with Crippen molar-refractivity contribution in [2.75, 3.05) is 11.4 Å². The summed E-state index contributed by atoms with van der Waals surface area (Å²) in [7, 11) is 0. The van der Waals surface area contributed by atoms with Crippen LogP contribution >= 0.6 is 0 Å². The second-order valence-electron chi connectivity index (χ2n) is 7.59. The van der Waals surface area contributed by atoms with Crippen LogP contribution in [0.25, 0.3) is 0 Å². The lowest BCUT2D eigenvalue weighted by molar-refractivity contribution is 0.00241. The smallest absolute Gasteiger partial charge is 0.418 e. The summed E-state index contributed by atoms with van der Waals surface area (Å²) in [5.41, 5.74) is -1.93. The van der Waals surface area contributed by atoms with Gasteiger partial charge in [0.2, 0.25) is 5.72 Å². The van der Waals surface area contributed by atoms with E-state index in [1.54, 1.807) is 56.9 Å². The van der Waals surface area contributed by atoms with Crippen LogP contribution in [0.15, 0.2) is 24.3 Å². The third kappa shape index (κ3) is 2.93. The Kier molecular flexibility index (Phi) is 4.45. The van der Waals surface area contributed by atoms with Crippen molar-refractivity contribution in [3.63, 3.8) is 0 Å². The van der Waals surface area contributed by atoms with Gasteiger partial charge in [0.25, 0.3) is 5.91 Å². The minimum Gasteiger partial charge on any atom is -0.443 e. The van der Waals surface area contributed by atoms with Gasteiger partial charge in [0, 0.05) is 6.54 Å². The molecular formula is C20H24N2O4. The molecule has 1 fully saturated rings. The summed E-state index contributed by atoms with van der Waals surface area (Å²) in [5.74, 6) is 5.31. The first-order chi connectivity index (χ1) is 12.2. The fourth-order valence-electron chi connectivity index (χ4n) is 3.63. The predicted molar refractivity (Wildman–Crippen MR) is 97.6 cm³/mol. The van der Waals surface area contributed by atoms with Crippen molar-refractivity contribution in [1.82, 2.24) is 4.90 Å². The number of anilines is 1. The normalized spacial score (nSPS) is 25.0. The minimum absolute atomic E-state index is 0.203. The molecule has 1 aromatic carbocycles. The van der Waals surface area contributed by atoms with E-state index in [1.165, 1.54) is 0 Å². The summed E-state index contributed by atoms with van der Waals surface area (Å²) >= 11 is 0. The zero-order valence-corrected chi connectivity index (χ0v) is 15.6. The second-order valence-corrected chi connectivity index (χ2v) is 7.59. The standard InChI is InChI=1S/C20H24N2O4/c1-5-12-20(25)16-11-8-13-21(16)17(23)14-9-6-7-10-15(14)22(20)18(24)26-19(2,3)4/h6-7,9-10,16,25H,8,11,13H2,1-4H3/t16-,20?/m0/s1. The zero-order valence-electron chi connectivity index (χ0n) is 15.6. The number of benzene rings is 1. The molecule has 1 N–H and O–H groups in total. The number of hydrogen-bond acceptors (Lipinski definition) is 4. The summed E-state index contributed by atoms with van der Waals surface area (Å²) in [5, 5.41) is 11.6. The lowest BCUT2D eigenvalue weighted by Crippen LogP contribution is -2.62. The van der Waals surface area contributed by atoms with Gasteiger partial charge in [-0.25, -0.2) is 9.69 Å². The molecule has 6 heteroatoms. The predicted octanol–water partition coefficient (Wildman–Crippen LogP) is 2.76. The maximum atomic E-state index is 13.1. The number of nitrogens with zero attached hydrogens (tertiary/aromatic N) is 2. The highest BCUT2D eigenvalue weighted by atomic mass is 16.6. The molecule has 1 saturated heterocycles. The van der Waals surface area contributed by atoms with E-state index in [2.05, 4.69) is 11.8 Å². The number of hydrogen-bond donors (Lipinski definition) is 1. The Hall–Kier alpha value is -2.52. The molecule has 6 nitrogen and oxygen atoms in total. The van der Waals surface area contributed by atoms with Gasteiger partial charge in [0.05, 0.1) is 17.3 Å². The average molecular weight is 356 g/mol. The van der Waals surface area contributed by atoms with Crippen molar-refractivity contribution in [3.8, 4) is 11.8 Å². The number of ether oxygens (including phenoxy) is 1. The molecule has 0 bridgehead atoms. The molecule has 2 aliphatic rings. The van der Waals surface area contributed by atoms with E-state index in [4.69, 9.17) is 4.74 Å². The van der Waals surface area contributed by atoms with Gasteiger partial charge < -0.3 is 14.7 Å². The summed E-state index contributed by atoms with van der Waals surface area (Å²) in [6.45, 7) is 7.39. The zero-order chi connectivity index (χ0) is 19.1. The number of rotatable bonds is 0. The number of fused-ring (bicyclic) bond motifs is 2. The van der Waals surface area contributed by atoms with Gasteiger partial charge in [0.15, 0.2) is 0 Å². The Balaban J connectivity index is 2.24. The minimum atomic E-state index is -1.85. The maximum Gasteiger partial charge on any atom is 0.418 e. The van der Waals surface area contributed by atoms with E-state index in [1.807, 2.05) is 0 Å². The number of amides is 2. The molecular weight excluding hydrogens is 332 g/mol. The average Bonchev–Trinajstić information content (AvgIpc) is 3.01. The summed E-state index contributed by atoms with van der Waals surface area (Å²) in [4.78, 5) is 28.9. The maximum absolute atomic E-state index is 13.1. The first-order valence-electron chi connectivity index (χ1n) is 8.78. The van der Waals surface area contributed by atoms with E-state index in [-0.39, 0.29) is 5.91 Å². The SMILES string of the molecule is CC#CC1(O)[C@@H]2CCCN2C(=O)c2ccccc2N1C(=O)OC(C)(C)C. The van der Waals surface area contributed by atoms with Gasteiger partial charge in [0.1, 0.15) is 5.60 Å². The highest BCUT2D eigenvalue weighted by Crippen LogP contribution is 2.40. The Labute approximate surface area is 153 Å². The monoisotopic (exact) mass is 356 g/mol. The van der Waals surface area contributed by atoms with Crippen LogP contribution in [-0.2, 0) is 4.74 Å². The summed E-state index contributed by atoms with van der Waals surface area (Å²) in [6, 6.07) is 6.16. The first kappa shape index (κ1) is 18.3. The molecule has 3 rings (SSSR count). The van der Waals surface area contributed by atoms with E-state index < -0.39 is 23.5 Å². The lowest BCUT2D eigenvalue weighted by atomic mass is 9.99. The van der Waals surface area contributed by atoms with Crippen molar-refractivity contribution in [2.45, 2.75) is 57.9 Å². The molecule has 2 amide bonds. The highest BCUT2D eigenvalue weighted by Gasteiger charge is 2.54. The molecule has 2 atom stereocenters. The molecule has 0 radical (unpaired) electrons. The fourth-order valence-corrected chi connectivity index (χ4v) is 3.63. The molecule has 1 unspecified atom stereocenters. The Morgan fingerprint density at radius 3 is 2.69 bits per heavy atom. The molecule has 138 valence electrons. The topological polar surface area (TPSA) is 70.1 Å². The summed E-state index contributed by atoms with van der Waals surface area (Å²) in [6.07, 6.45) is 0.579. The third-order valence-corrected chi connectivity index (χ3v) is 4.58. The first-order valence-corrected chi connectivity index (χ1v) is 8.78. The van der Waals surface area contributed by atoms with Crippen LogP contribution < -0.4 is 4.90 Å². The Bertz CT molecular complexity index is 802. The van der Waals surface area contributed by atoms with Gasteiger partial charge in [-0.3, -0.25) is 4.79 Å². The Morgan fingerprint density at radius 2 is 2.04 bits per heavy atom. The van der Waals surface area contributed by atoms with E-state index in [0.717, 1.165) is 11.3 Å². The van der Waals surface area contributed by atoms with Gasteiger partial charge >= 0.3 is 6.09 Å². The van der Waals surface area contributed by atoms with Crippen LogP contribution in [0.2, 0.25) is 0 Å². The highest BCUT2D eigenvalue weighted by molar-refractivity contribution is 6.06. The van der Waals surface area contributed by atoms with Crippen LogP contribution in [0.3, 0.4) is 0 Å². The summed E-state index contributed by atoms with van der Waals surface area (Å²) < 4.78 is 5.54. The van der Waals surface area contributed by atoms with Gasteiger partial charge in [-0.1, -0.05) is 12.1 Å². The molecule has 2 heterocycles. The van der Waals surface area contributed by atoms with Crippen LogP contribution in [0.1, 0.15) is 50.9 Å². The fraction of sp³-hybridized carbons (Fsp3) is 0.500. The number of para-hydroxylation sites is 1. The van der Waals surface area contributed by atoms with Crippen molar-refractivity contribution in [3.05, 3.63) is 29.8 Å².